The largest absolute Gasteiger partial charge is 0.493 e. The van der Waals surface area contributed by atoms with Crippen LogP contribution in [-0.4, -0.2) is 47.6 Å². The molecule has 0 saturated heterocycles. The summed E-state index contributed by atoms with van der Waals surface area (Å²) >= 11 is 0. The van der Waals surface area contributed by atoms with E-state index in [1.807, 2.05) is 18.2 Å². The second-order valence-corrected chi connectivity index (χ2v) is 3.94. The quantitative estimate of drug-likeness (QED) is 0.655. The minimum absolute atomic E-state index is 0.559. The van der Waals surface area contributed by atoms with E-state index in [1.54, 1.807) is 21.3 Å². The smallest absolute Gasteiger partial charge is 0.203 e. The van der Waals surface area contributed by atoms with Gasteiger partial charge in [0.05, 0.1) is 14.2 Å². The molecule has 0 atom stereocenters. The third kappa shape index (κ3) is 5.36. The molecule has 108 valence electrons. The molecule has 5 heteroatoms. The Bertz CT molecular complexity index is 335. The Kier molecular flexibility index (Phi) is 7.77. The van der Waals surface area contributed by atoms with E-state index in [0.29, 0.717) is 23.9 Å². The van der Waals surface area contributed by atoms with Gasteiger partial charge in [0.15, 0.2) is 11.5 Å². The molecule has 1 N–H and O–H groups in total. The van der Waals surface area contributed by atoms with Crippen LogP contribution in [0.15, 0.2) is 18.2 Å². The number of hydrogen-bond acceptors (Lipinski definition) is 5. The van der Waals surface area contributed by atoms with Crippen LogP contribution in [0.2, 0.25) is 0 Å². The van der Waals surface area contributed by atoms with Gasteiger partial charge in [-0.05, 0) is 25.1 Å². The van der Waals surface area contributed by atoms with E-state index in [9.17, 15) is 0 Å². The summed E-state index contributed by atoms with van der Waals surface area (Å²) in [6.45, 7) is 3.02. The number of methoxy groups -OCH3 is 3. The van der Waals surface area contributed by atoms with Crippen molar-refractivity contribution >= 4 is 0 Å². The predicted octanol–water partition coefficient (Wildman–Crippen LogP) is 1.71. The average Bonchev–Trinajstić information content (AvgIpc) is 2.46. The summed E-state index contributed by atoms with van der Waals surface area (Å²) in [4.78, 5) is 0. The van der Waals surface area contributed by atoms with Crippen LogP contribution < -0.4 is 19.5 Å². The molecule has 0 heterocycles. The Morgan fingerprint density at radius 2 is 1.63 bits per heavy atom. The van der Waals surface area contributed by atoms with Gasteiger partial charge in [-0.3, -0.25) is 0 Å². The molecule has 0 unspecified atom stereocenters. The van der Waals surface area contributed by atoms with E-state index >= 15 is 0 Å². The van der Waals surface area contributed by atoms with E-state index in [0.717, 1.165) is 26.1 Å². The van der Waals surface area contributed by atoms with Crippen LogP contribution in [0.4, 0.5) is 0 Å². The molecule has 0 spiro atoms. The highest BCUT2D eigenvalue weighted by molar-refractivity contribution is 5.51. The van der Waals surface area contributed by atoms with Crippen molar-refractivity contribution in [2.75, 3.05) is 47.6 Å². The highest BCUT2D eigenvalue weighted by Gasteiger charge is 2.10. The molecule has 1 aromatic rings. The lowest BCUT2D eigenvalue weighted by molar-refractivity contribution is 0.193. The van der Waals surface area contributed by atoms with E-state index in [4.69, 9.17) is 18.9 Å². The van der Waals surface area contributed by atoms with E-state index in [2.05, 4.69) is 5.32 Å². The second-order valence-electron chi connectivity index (χ2n) is 3.94. The molecule has 19 heavy (non-hydrogen) atoms. The molecule has 0 aliphatic rings. The third-order valence-electron chi connectivity index (χ3n) is 2.61. The first kappa shape index (κ1) is 15.6. The number of rotatable bonds is 10. The molecule has 0 aliphatic carbocycles. The Labute approximate surface area is 114 Å². The summed E-state index contributed by atoms with van der Waals surface area (Å²) in [6.07, 6.45) is 0.995. The summed E-state index contributed by atoms with van der Waals surface area (Å²) in [5.41, 5.74) is 0. The van der Waals surface area contributed by atoms with Gasteiger partial charge in [0, 0.05) is 20.3 Å². The van der Waals surface area contributed by atoms with Crippen LogP contribution in [0.5, 0.6) is 17.2 Å². The predicted molar refractivity (Wildman–Crippen MR) is 74.4 cm³/mol. The number of ether oxygens (including phenoxy) is 4. The normalized spacial score (nSPS) is 10.3. The summed E-state index contributed by atoms with van der Waals surface area (Å²) in [6, 6.07) is 5.57. The molecule has 0 saturated carbocycles. The lowest BCUT2D eigenvalue weighted by Gasteiger charge is -2.14. The van der Waals surface area contributed by atoms with Crippen molar-refractivity contribution < 1.29 is 18.9 Å². The molecule has 0 radical (unpaired) electrons. The lowest BCUT2D eigenvalue weighted by Crippen LogP contribution is -2.23. The fourth-order valence-corrected chi connectivity index (χ4v) is 1.65. The molecule has 0 fully saturated rings. The number of hydrogen-bond donors (Lipinski definition) is 1. The maximum atomic E-state index is 5.71. The second kappa shape index (κ2) is 9.47. The van der Waals surface area contributed by atoms with Crippen molar-refractivity contribution in [1.29, 1.82) is 0 Å². The number of para-hydroxylation sites is 1. The standard InChI is InChI=1S/C14H23NO4/c1-16-10-5-8-15-9-11-19-14-12(17-2)6-4-7-13(14)18-3/h4,6-7,15H,5,8-11H2,1-3H3. The monoisotopic (exact) mass is 269 g/mol. The SMILES string of the molecule is COCCCNCCOc1c(OC)cccc1OC. The van der Waals surface area contributed by atoms with Crippen molar-refractivity contribution in [3.63, 3.8) is 0 Å². The topological polar surface area (TPSA) is 49.0 Å². The fraction of sp³-hybridized carbons (Fsp3) is 0.571. The molecule has 1 rings (SSSR count). The molecular formula is C14H23NO4. The number of benzene rings is 1. The van der Waals surface area contributed by atoms with E-state index in [1.165, 1.54) is 0 Å². The Hall–Kier alpha value is -1.46. The van der Waals surface area contributed by atoms with E-state index in [-0.39, 0.29) is 0 Å². The van der Waals surface area contributed by atoms with Gasteiger partial charge in [-0.1, -0.05) is 6.07 Å². The molecule has 0 aromatic heterocycles. The minimum atomic E-state index is 0.559. The highest BCUT2D eigenvalue weighted by Crippen LogP contribution is 2.36. The van der Waals surface area contributed by atoms with Gasteiger partial charge in [-0.2, -0.15) is 0 Å². The van der Waals surface area contributed by atoms with Gasteiger partial charge in [-0.15, -0.1) is 0 Å². The summed E-state index contributed by atoms with van der Waals surface area (Å²) in [7, 11) is 4.94. The van der Waals surface area contributed by atoms with Crippen LogP contribution in [0.25, 0.3) is 0 Å². The average molecular weight is 269 g/mol. The van der Waals surface area contributed by atoms with Crippen LogP contribution >= 0.6 is 0 Å². The van der Waals surface area contributed by atoms with Crippen molar-refractivity contribution in [2.45, 2.75) is 6.42 Å². The zero-order chi connectivity index (χ0) is 13.9. The van der Waals surface area contributed by atoms with Gasteiger partial charge in [-0.25, -0.2) is 0 Å². The lowest BCUT2D eigenvalue weighted by atomic mass is 10.3. The molecular weight excluding hydrogens is 246 g/mol. The first-order chi connectivity index (χ1) is 9.33. The van der Waals surface area contributed by atoms with Crippen molar-refractivity contribution in [2.24, 2.45) is 0 Å². The molecule has 5 nitrogen and oxygen atoms in total. The van der Waals surface area contributed by atoms with Crippen molar-refractivity contribution in [3.8, 4) is 17.2 Å². The maximum absolute atomic E-state index is 5.71. The maximum Gasteiger partial charge on any atom is 0.203 e. The molecule has 0 bridgehead atoms. The fourth-order valence-electron chi connectivity index (χ4n) is 1.65. The zero-order valence-electron chi connectivity index (χ0n) is 11.9. The van der Waals surface area contributed by atoms with Gasteiger partial charge >= 0.3 is 0 Å². The molecule has 1 aromatic carbocycles. The van der Waals surface area contributed by atoms with Gasteiger partial charge < -0.3 is 24.3 Å². The van der Waals surface area contributed by atoms with Crippen LogP contribution in [-0.2, 0) is 4.74 Å². The molecule has 0 amide bonds. The van der Waals surface area contributed by atoms with Gasteiger partial charge in [0.25, 0.3) is 0 Å². The van der Waals surface area contributed by atoms with Crippen molar-refractivity contribution in [1.82, 2.24) is 5.32 Å². The minimum Gasteiger partial charge on any atom is -0.493 e. The van der Waals surface area contributed by atoms with Crippen LogP contribution in [0, 0.1) is 0 Å². The Morgan fingerprint density at radius 1 is 0.947 bits per heavy atom. The summed E-state index contributed by atoms with van der Waals surface area (Å²) < 4.78 is 21.2. The zero-order valence-corrected chi connectivity index (χ0v) is 11.9. The first-order valence-electron chi connectivity index (χ1n) is 6.37. The highest BCUT2D eigenvalue weighted by atomic mass is 16.5. The van der Waals surface area contributed by atoms with Gasteiger partial charge in [0.2, 0.25) is 5.75 Å². The van der Waals surface area contributed by atoms with Gasteiger partial charge in [0.1, 0.15) is 6.61 Å². The number of nitrogens with one attached hydrogen (secondary N) is 1. The summed E-state index contributed by atoms with van der Waals surface area (Å²) in [5.74, 6) is 2.00. The third-order valence-corrected chi connectivity index (χ3v) is 2.61. The van der Waals surface area contributed by atoms with Crippen LogP contribution in [0.1, 0.15) is 6.42 Å². The van der Waals surface area contributed by atoms with Crippen molar-refractivity contribution in [3.05, 3.63) is 18.2 Å². The Morgan fingerprint density at radius 3 is 2.21 bits per heavy atom. The Balaban J connectivity index is 2.35. The molecule has 0 aliphatic heterocycles. The first-order valence-corrected chi connectivity index (χ1v) is 6.37. The summed E-state index contributed by atoms with van der Waals surface area (Å²) in [5, 5.41) is 3.28. The van der Waals surface area contributed by atoms with Crippen LogP contribution in [0.3, 0.4) is 0 Å². The van der Waals surface area contributed by atoms with E-state index < -0.39 is 0 Å².